The van der Waals surface area contributed by atoms with Crippen molar-refractivity contribution in [3.63, 3.8) is 0 Å². The number of halogens is 2. The van der Waals surface area contributed by atoms with Gasteiger partial charge in [-0.1, -0.05) is 24.3 Å². The molecule has 6 heteroatoms. The van der Waals surface area contributed by atoms with Gasteiger partial charge in [0.2, 0.25) is 5.91 Å². The highest BCUT2D eigenvalue weighted by Gasteiger charge is 2.08. The van der Waals surface area contributed by atoms with Gasteiger partial charge in [-0.3, -0.25) is 4.79 Å². The molecule has 3 nitrogen and oxygen atoms in total. The summed E-state index contributed by atoms with van der Waals surface area (Å²) in [5.41, 5.74) is 1.71. The first-order valence-electron chi connectivity index (χ1n) is 7.32. The minimum atomic E-state index is -0.329. The quantitative estimate of drug-likeness (QED) is 0.754. The van der Waals surface area contributed by atoms with Crippen LogP contribution in [0.3, 0.4) is 0 Å². The van der Waals surface area contributed by atoms with E-state index in [1.165, 1.54) is 35.6 Å². The number of anilines is 1. The number of amides is 1. The molecule has 1 aromatic heterocycles. The Bertz CT molecular complexity index is 829. The molecule has 1 N–H and O–H groups in total. The second-order valence-electron chi connectivity index (χ2n) is 5.29. The fraction of sp³-hybridized carbons (Fsp3) is 0.111. The van der Waals surface area contributed by atoms with Gasteiger partial charge in [-0.05, 0) is 35.4 Å². The molecule has 0 fully saturated rings. The summed E-state index contributed by atoms with van der Waals surface area (Å²) >= 11 is 1.38. The van der Waals surface area contributed by atoms with Crippen LogP contribution in [0, 0.1) is 11.6 Å². The molecule has 0 aliphatic carbocycles. The predicted octanol–water partition coefficient (Wildman–Crippen LogP) is 4.19. The summed E-state index contributed by atoms with van der Waals surface area (Å²) < 4.78 is 25.7. The molecule has 0 spiro atoms. The van der Waals surface area contributed by atoms with Crippen LogP contribution in [0.1, 0.15) is 16.0 Å². The van der Waals surface area contributed by atoms with Crippen LogP contribution < -0.4 is 5.32 Å². The van der Waals surface area contributed by atoms with Gasteiger partial charge >= 0.3 is 0 Å². The lowest BCUT2D eigenvalue weighted by Crippen LogP contribution is -2.14. The Morgan fingerprint density at radius 1 is 0.958 bits per heavy atom. The highest BCUT2D eigenvalue weighted by Crippen LogP contribution is 2.21. The highest BCUT2D eigenvalue weighted by atomic mass is 32.1. The van der Waals surface area contributed by atoms with Crippen LogP contribution in [0.15, 0.2) is 54.7 Å². The summed E-state index contributed by atoms with van der Waals surface area (Å²) in [4.78, 5) is 17.1. The third kappa shape index (κ3) is 4.45. The normalized spacial score (nSPS) is 10.6. The monoisotopic (exact) mass is 344 g/mol. The molecule has 0 bridgehead atoms. The van der Waals surface area contributed by atoms with Gasteiger partial charge in [-0.15, -0.1) is 11.3 Å². The molecule has 1 heterocycles. The van der Waals surface area contributed by atoms with Gasteiger partial charge in [0.25, 0.3) is 0 Å². The van der Waals surface area contributed by atoms with Crippen molar-refractivity contribution in [3.8, 4) is 0 Å². The molecule has 2 aromatic carbocycles. The van der Waals surface area contributed by atoms with E-state index < -0.39 is 0 Å². The van der Waals surface area contributed by atoms with Crippen molar-refractivity contribution in [3.05, 3.63) is 82.4 Å². The molecule has 0 unspecified atom stereocenters. The van der Waals surface area contributed by atoms with E-state index in [0.717, 1.165) is 16.0 Å². The van der Waals surface area contributed by atoms with E-state index >= 15 is 0 Å². The number of thiazole rings is 1. The van der Waals surface area contributed by atoms with Crippen LogP contribution in [-0.2, 0) is 17.6 Å². The van der Waals surface area contributed by atoms with Crippen molar-refractivity contribution in [1.82, 2.24) is 4.98 Å². The van der Waals surface area contributed by atoms with Crippen LogP contribution in [0.4, 0.5) is 13.9 Å². The maximum atomic E-state index is 12.9. The molecular formula is C18H14F2N2OS. The number of aromatic nitrogens is 1. The van der Waals surface area contributed by atoms with Crippen molar-refractivity contribution in [2.75, 3.05) is 5.32 Å². The average molecular weight is 344 g/mol. The lowest BCUT2D eigenvalue weighted by molar-refractivity contribution is -0.115. The molecule has 3 rings (SSSR count). The van der Waals surface area contributed by atoms with Crippen molar-refractivity contribution in [2.45, 2.75) is 12.8 Å². The van der Waals surface area contributed by atoms with Crippen molar-refractivity contribution in [2.24, 2.45) is 0 Å². The first-order valence-corrected chi connectivity index (χ1v) is 8.13. The lowest BCUT2D eigenvalue weighted by atomic mass is 10.1. The molecule has 0 saturated carbocycles. The summed E-state index contributed by atoms with van der Waals surface area (Å²) in [5, 5.41) is 3.25. The maximum absolute atomic E-state index is 12.9. The Kier molecular flexibility index (Phi) is 4.96. The highest BCUT2D eigenvalue weighted by molar-refractivity contribution is 7.15. The third-order valence-electron chi connectivity index (χ3n) is 3.37. The predicted molar refractivity (Wildman–Crippen MR) is 90.1 cm³/mol. The zero-order chi connectivity index (χ0) is 16.9. The van der Waals surface area contributed by atoms with Crippen LogP contribution in [0.5, 0.6) is 0 Å². The zero-order valence-electron chi connectivity index (χ0n) is 12.6. The summed E-state index contributed by atoms with van der Waals surface area (Å²) in [6.45, 7) is 0. The Morgan fingerprint density at radius 2 is 1.54 bits per heavy atom. The summed E-state index contributed by atoms with van der Waals surface area (Å²) in [7, 11) is 0. The van der Waals surface area contributed by atoms with Crippen LogP contribution in [0.2, 0.25) is 0 Å². The first-order chi connectivity index (χ1) is 11.6. The number of carbonyl (C=O) groups excluding carboxylic acids is 1. The Balaban J connectivity index is 1.58. The fourth-order valence-electron chi connectivity index (χ4n) is 2.20. The minimum Gasteiger partial charge on any atom is -0.302 e. The summed E-state index contributed by atoms with van der Waals surface area (Å²) in [5.74, 6) is -0.800. The third-order valence-corrected chi connectivity index (χ3v) is 4.28. The van der Waals surface area contributed by atoms with E-state index in [1.54, 1.807) is 30.5 Å². The smallest absolute Gasteiger partial charge is 0.230 e. The minimum absolute atomic E-state index is 0.160. The molecule has 0 saturated heterocycles. The van der Waals surface area contributed by atoms with Crippen LogP contribution >= 0.6 is 11.3 Å². The van der Waals surface area contributed by atoms with Gasteiger partial charge in [-0.2, -0.15) is 0 Å². The van der Waals surface area contributed by atoms with E-state index in [-0.39, 0.29) is 24.0 Å². The second-order valence-corrected chi connectivity index (χ2v) is 6.40. The second kappa shape index (κ2) is 7.31. The average Bonchev–Trinajstić information content (AvgIpc) is 2.99. The largest absolute Gasteiger partial charge is 0.302 e. The molecule has 0 aliphatic heterocycles. The standard InChI is InChI=1S/C18H14F2N2OS/c19-14-5-1-12(2-6-14)9-16-11-21-18(24-16)22-17(23)10-13-3-7-15(20)8-4-13/h1-8,11H,9-10H2,(H,21,22,23). The maximum Gasteiger partial charge on any atom is 0.230 e. The Labute approximate surface area is 142 Å². The lowest BCUT2D eigenvalue weighted by Gasteiger charge is -2.02. The number of hydrogen-bond donors (Lipinski definition) is 1. The topological polar surface area (TPSA) is 42.0 Å². The Morgan fingerprint density at radius 3 is 2.17 bits per heavy atom. The van der Waals surface area contributed by atoms with E-state index in [0.29, 0.717) is 11.6 Å². The molecule has 122 valence electrons. The number of benzene rings is 2. The molecular weight excluding hydrogens is 330 g/mol. The number of carbonyl (C=O) groups is 1. The number of hydrogen-bond acceptors (Lipinski definition) is 3. The Hall–Kier alpha value is -2.60. The van der Waals surface area contributed by atoms with Gasteiger partial charge in [0.1, 0.15) is 11.6 Å². The van der Waals surface area contributed by atoms with Crippen molar-refractivity contribution >= 4 is 22.4 Å². The van der Waals surface area contributed by atoms with Gasteiger partial charge in [0.05, 0.1) is 6.42 Å². The number of rotatable bonds is 5. The van der Waals surface area contributed by atoms with Crippen LogP contribution in [0.25, 0.3) is 0 Å². The van der Waals surface area contributed by atoms with E-state index in [4.69, 9.17) is 0 Å². The number of nitrogens with one attached hydrogen (secondary N) is 1. The van der Waals surface area contributed by atoms with Crippen molar-refractivity contribution in [1.29, 1.82) is 0 Å². The molecule has 0 aliphatic rings. The molecule has 24 heavy (non-hydrogen) atoms. The van der Waals surface area contributed by atoms with E-state index in [2.05, 4.69) is 10.3 Å². The van der Waals surface area contributed by atoms with Gasteiger partial charge in [0, 0.05) is 17.5 Å². The van der Waals surface area contributed by atoms with Gasteiger partial charge < -0.3 is 5.32 Å². The van der Waals surface area contributed by atoms with Crippen LogP contribution in [-0.4, -0.2) is 10.9 Å². The van der Waals surface area contributed by atoms with Gasteiger partial charge in [0.15, 0.2) is 5.13 Å². The SMILES string of the molecule is O=C(Cc1ccc(F)cc1)Nc1ncc(Cc2ccc(F)cc2)s1. The molecule has 0 radical (unpaired) electrons. The summed E-state index contributed by atoms with van der Waals surface area (Å²) in [6.07, 6.45) is 2.49. The first kappa shape index (κ1) is 16.3. The molecule has 0 atom stereocenters. The number of nitrogens with zero attached hydrogens (tertiary/aromatic N) is 1. The fourth-order valence-corrected chi connectivity index (χ4v) is 3.06. The zero-order valence-corrected chi connectivity index (χ0v) is 13.4. The van der Waals surface area contributed by atoms with E-state index in [1.807, 2.05) is 0 Å². The van der Waals surface area contributed by atoms with E-state index in [9.17, 15) is 13.6 Å². The summed E-state index contributed by atoms with van der Waals surface area (Å²) in [6, 6.07) is 12.1. The van der Waals surface area contributed by atoms with Gasteiger partial charge in [-0.25, -0.2) is 13.8 Å². The molecule has 3 aromatic rings. The van der Waals surface area contributed by atoms with Crippen molar-refractivity contribution < 1.29 is 13.6 Å². The molecule has 1 amide bonds.